The van der Waals surface area contributed by atoms with Crippen LogP contribution in [0.25, 0.3) is 11.1 Å². The highest BCUT2D eigenvalue weighted by molar-refractivity contribution is 5.97. The summed E-state index contributed by atoms with van der Waals surface area (Å²) in [6.45, 7) is 1.22. The number of benzene rings is 3. The number of imidazole rings is 1. The minimum absolute atomic E-state index is 0.0440. The third-order valence-electron chi connectivity index (χ3n) is 7.36. The van der Waals surface area contributed by atoms with Crippen molar-refractivity contribution in [3.05, 3.63) is 112 Å². The van der Waals surface area contributed by atoms with Crippen LogP contribution < -0.4 is 10.9 Å². The summed E-state index contributed by atoms with van der Waals surface area (Å²) >= 11 is 0. The van der Waals surface area contributed by atoms with E-state index in [1.807, 2.05) is 0 Å². The number of nitrogens with one attached hydrogen (secondary N) is 2. The molecule has 1 aromatic heterocycles. The summed E-state index contributed by atoms with van der Waals surface area (Å²) in [6, 6.07) is 8.84. The predicted molar refractivity (Wildman–Crippen MR) is 139 cm³/mol. The molecular formula is C30H26F6N4O. The van der Waals surface area contributed by atoms with Gasteiger partial charge in [-0.05, 0) is 60.6 Å². The molecule has 0 unspecified atom stereocenters. The maximum Gasteiger partial charge on any atom is 0.417 e. The third kappa shape index (κ3) is 5.53. The molecule has 5 rings (SSSR count). The van der Waals surface area contributed by atoms with Gasteiger partial charge in [0.05, 0.1) is 18.2 Å². The molecule has 1 fully saturated rings. The first-order valence-corrected chi connectivity index (χ1v) is 12.9. The summed E-state index contributed by atoms with van der Waals surface area (Å²) < 4.78 is 90.3. The van der Waals surface area contributed by atoms with Crippen LogP contribution in [-0.2, 0) is 19.8 Å². The largest absolute Gasteiger partial charge is 0.417 e. The average molecular weight is 573 g/mol. The van der Waals surface area contributed by atoms with E-state index in [-0.39, 0.29) is 23.6 Å². The van der Waals surface area contributed by atoms with Gasteiger partial charge in [0.25, 0.3) is 5.91 Å². The highest BCUT2D eigenvalue weighted by Crippen LogP contribution is 2.43. The monoisotopic (exact) mass is 572 g/mol. The Bertz CT molecular complexity index is 1700. The topological polar surface area (TPSA) is 62.8 Å². The van der Waals surface area contributed by atoms with Crippen LogP contribution in [0.5, 0.6) is 0 Å². The third-order valence-corrected chi connectivity index (χ3v) is 7.36. The van der Waals surface area contributed by atoms with E-state index in [4.69, 9.17) is 5.41 Å². The maximum atomic E-state index is 16.1. The summed E-state index contributed by atoms with van der Waals surface area (Å²) in [6.07, 6.45) is -0.391. The second-order valence-electron chi connectivity index (χ2n) is 10.3. The van der Waals surface area contributed by atoms with Crippen molar-refractivity contribution < 1.29 is 31.1 Å². The fraction of sp³-hybridized carbons (Fsp3) is 0.267. The Labute approximate surface area is 231 Å². The molecule has 1 amide bonds. The number of aromatic nitrogens is 2. The molecule has 1 heterocycles. The quantitative estimate of drug-likeness (QED) is 0.240. The molecule has 1 saturated carbocycles. The molecular weight excluding hydrogens is 546 g/mol. The van der Waals surface area contributed by atoms with E-state index in [2.05, 4.69) is 5.32 Å². The number of halogens is 6. The fourth-order valence-corrected chi connectivity index (χ4v) is 4.98. The van der Waals surface area contributed by atoms with Crippen molar-refractivity contribution in [1.29, 1.82) is 5.41 Å². The van der Waals surface area contributed by atoms with Crippen LogP contribution in [0.4, 0.5) is 26.3 Å². The van der Waals surface area contributed by atoms with E-state index < -0.39 is 57.8 Å². The van der Waals surface area contributed by atoms with Crippen LogP contribution in [0.3, 0.4) is 0 Å². The van der Waals surface area contributed by atoms with E-state index in [0.717, 1.165) is 37.1 Å². The van der Waals surface area contributed by atoms with Crippen molar-refractivity contribution in [2.24, 2.45) is 13.0 Å². The lowest BCUT2D eigenvalue weighted by atomic mass is 9.93. The Balaban J connectivity index is 1.65. The first-order chi connectivity index (χ1) is 19.4. The zero-order valence-electron chi connectivity index (χ0n) is 22.1. The van der Waals surface area contributed by atoms with Crippen LogP contribution in [0.2, 0.25) is 0 Å². The van der Waals surface area contributed by atoms with Gasteiger partial charge >= 0.3 is 6.18 Å². The molecule has 1 aliphatic carbocycles. The highest BCUT2D eigenvalue weighted by Gasteiger charge is 2.37. The Morgan fingerprint density at radius 2 is 1.73 bits per heavy atom. The molecule has 11 heteroatoms. The maximum absolute atomic E-state index is 16.1. The molecule has 0 bridgehead atoms. The lowest BCUT2D eigenvalue weighted by Crippen LogP contribution is -2.32. The van der Waals surface area contributed by atoms with Crippen molar-refractivity contribution in [3.63, 3.8) is 0 Å². The predicted octanol–water partition coefficient (Wildman–Crippen LogP) is 6.65. The molecule has 1 aliphatic rings. The summed E-state index contributed by atoms with van der Waals surface area (Å²) in [5, 5.41) is 10.8. The number of hydrogen-bond acceptors (Lipinski definition) is 2. The summed E-state index contributed by atoms with van der Waals surface area (Å²) in [7, 11) is 1.58. The lowest BCUT2D eigenvalue weighted by Gasteiger charge is -2.22. The summed E-state index contributed by atoms with van der Waals surface area (Å²) in [4.78, 5) is 13.6. The van der Waals surface area contributed by atoms with Crippen molar-refractivity contribution in [2.45, 2.75) is 38.5 Å². The molecule has 3 aromatic carbocycles. The number of carbonyl (C=O) groups is 1. The minimum atomic E-state index is -4.85. The smallest absolute Gasteiger partial charge is 0.345 e. The Morgan fingerprint density at radius 3 is 2.34 bits per heavy atom. The van der Waals surface area contributed by atoms with Crippen LogP contribution in [0.15, 0.2) is 60.9 Å². The lowest BCUT2D eigenvalue weighted by molar-refractivity contribution is -0.137. The Hall–Kier alpha value is -4.28. The van der Waals surface area contributed by atoms with E-state index in [1.54, 1.807) is 20.0 Å². The van der Waals surface area contributed by atoms with E-state index in [9.17, 15) is 22.4 Å². The molecule has 0 radical (unpaired) electrons. The molecule has 0 saturated heterocycles. The van der Waals surface area contributed by atoms with Gasteiger partial charge in [-0.25, -0.2) is 13.2 Å². The van der Waals surface area contributed by atoms with Gasteiger partial charge in [-0.2, -0.15) is 13.2 Å². The number of hydrogen-bond donors (Lipinski definition) is 2. The first-order valence-electron chi connectivity index (χ1n) is 12.9. The van der Waals surface area contributed by atoms with Gasteiger partial charge in [-0.1, -0.05) is 30.3 Å². The number of rotatable bonds is 7. The number of aryl methyl sites for hydroxylation is 2. The molecule has 0 aliphatic heterocycles. The van der Waals surface area contributed by atoms with Gasteiger partial charge < -0.3 is 14.5 Å². The van der Waals surface area contributed by atoms with Crippen molar-refractivity contribution in [1.82, 2.24) is 14.5 Å². The standard InChI is InChI=1S/C30H26F6N4O/c1-16-13-18(9-10-23(16)31)27(17-7-8-17)38-28(41)24-25(32)19(15-40-12-11-39(2)29(40)37)14-21(26(24)33)20-5-3-4-6-22(20)30(34,35)36/h3-6,9-14,17,27,37H,7-8,15H2,1-2H3,(H,38,41)/t27-/m0/s1. The van der Waals surface area contributed by atoms with Crippen LogP contribution in [0, 0.1) is 35.7 Å². The summed E-state index contributed by atoms with van der Waals surface area (Å²) in [5.41, 5.74) is -2.74. The summed E-state index contributed by atoms with van der Waals surface area (Å²) in [5.74, 6) is -4.31. The second-order valence-corrected chi connectivity index (χ2v) is 10.3. The molecule has 1 atom stereocenters. The first kappa shape index (κ1) is 28.3. The van der Waals surface area contributed by atoms with E-state index in [0.29, 0.717) is 11.1 Å². The van der Waals surface area contributed by atoms with Crippen LogP contribution in [0.1, 0.15) is 51.5 Å². The second kappa shape index (κ2) is 10.6. The highest BCUT2D eigenvalue weighted by atomic mass is 19.4. The molecule has 2 N–H and O–H groups in total. The normalized spacial score (nSPS) is 14.2. The molecule has 4 aromatic rings. The molecule has 0 spiro atoms. The SMILES string of the molecule is Cc1cc([C@@H](NC(=O)c2c(F)c(Cn3ccn(C)c3=N)cc(-c3ccccc3C(F)(F)F)c2F)C2CC2)ccc1F. The number of nitrogens with zero attached hydrogens (tertiary/aromatic N) is 2. The average Bonchev–Trinajstić information content (AvgIpc) is 3.72. The van der Waals surface area contributed by atoms with Gasteiger partial charge in [0.15, 0.2) is 0 Å². The van der Waals surface area contributed by atoms with E-state index >= 15 is 8.78 Å². The van der Waals surface area contributed by atoms with Gasteiger partial charge in [0.1, 0.15) is 23.0 Å². The Morgan fingerprint density at radius 1 is 1.02 bits per heavy atom. The van der Waals surface area contributed by atoms with E-state index in [1.165, 1.54) is 39.7 Å². The van der Waals surface area contributed by atoms with Crippen LogP contribution >= 0.6 is 0 Å². The number of alkyl halides is 3. The minimum Gasteiger partial charge on any atom is -0.345 e. The van der Waals surface area contributed by atoms with Gasteiger partial charge in [-0.15, -0.1) is 0 Å². The molecule has 214 valence electrons. The molecule has 41 heavy (non-hydrogen) atoms. The van der Waals surface area contributed by atoms with Gasteiger partial charge in [-0.3, -0.25) is 10.2 Å². The number of carbonyl (C=O) groups excluding carboxylic acids is 1. The zero-order chi connectivity index (χ0) is 29.6. The zero-order valence-corrected chi connectivity index (χ0v) is 22.1. The van der Waals surface area contributed by atoms with Gasteiger partial charge in [0, 0.05) is 30.6 Å². The van der Waals surface area contributed by atoms with Crippen LogP contribution in [-0.4, -0.2) is 15.0 Å². The number of amides is 1. The Kier molecular flexibility index (Phi) is 7.31. The fourth-order valence-electron chi connectivity index (χ4n) is 4.98. The van der Waals surface area contributed by atoms with Crippen molar-refractivity contribution >= 4 is 5.91 Å². The van der Waals surface area contributed by atoms with Crippen molar-refractivity contribution in [3.8, 4) is 11.1 Å². The van der Waals surface area contributed by atoms with Gasteiger partial charge in [0.2, 0.25) is 5.62 Å². The van der Waals surface area contributed by atoms with Crippen molar-refractivity contribution in [2.75, 3.05) is 0 Å². The molecule has 5 nitrogen and oxygen atoms in total.